The number of aromatic carboxylic acids is 1. The minimum absolute atomic E-state index is 0.168. The highest BCUT2D eigenvalue weighted by Gasteiger charge is 2.21. The lowest BCUT2D eigenvalue weighted by Crippen LogP contribution is -2.32. The van der Waals surface area contributed by atoms with Crippen LogP contribution in [-0.2, 0) is 6.54 Å². The molecule has 0 unspecified atom stereocenters. The number of carboxylic acid groups (broad SMARTS) is 1. The number of ether oxygens (including phenoxy) is 1. The first-order valence-corrected chi connectivity index (χ1v) is 12.8. The summed E-state index contributed by atoms with van der Waals surface area (Å²) >= 11 is 5.97. The Hall–Kier alpha value is -4.29. The first-order valence-electron chi connectivity index (χ1n) is 12.4. The summed E-state index contributed by atoms with van der Waals surface area (Å²) in [6, 6.07) is 27.7. The third-order valence-electron chi connectivity index (χ3n) is 6.69. The van der Waals surface area contributed by atoms with Crippen molar-refractivity contribution in [2.75, 3.05) is 18.1 Å². The number of hydrogen-bond acceptors (Lipinski definition) is 4. The molecule has 0 radical (unpaired) electrons. The van der Waals surface area contributed by atoms with E-state index in [1.165, 1.54) is 0 Å². The topological polar surface area (TPSA) is 78.9 Å². The molecule has 4 aromatic carbocycles. The van der Waals surface area contributed by atoms with Gasteiger partial charge < -0.3 is 20.1 Å². The molecule has 1 amide bonds. The molecule has 0 bridgehead atoms. The number of benzene rings is 4. The Labute approximate surface area is 226 Å². The van der Waals surface area contributed by atoms with E-state index in [-0.39, 0.29) is 17.5 Å². The average molecular weight is 527 g/mol. The van der Waals surface area contributed by atoms with Crippen LogP contribution in [-0.4, -0.2) is 30.1 Å². The monoisotopic (exact) mass is 526 g/mol. The summed E-state index contributed by atoms with van der Waals surface area (Å²) in [5, 5.41) is 13.2. The fraction of sp³-hybridized carbons (Fsp3) is 0.161. The maximum Gasteiger partial charge on any atom is 0.336 e. The number of carboxylic acids is 1. The van der Waals surface area contributed by atoms with Gasteiger partial charge in [-0.1, -0.05) is 66.2 Å². The van der Waals surface area contributed by atoms with E-state index in [1.807, 2.05) is 79.7 Å². The van der Waals surface area contributed by atoms with Gasteiger partial charge in [0.05, 0.1) is 23.8 Å². The van der Waals surface area contributed by atoms with E-state index >= 15 is 0 Å². The standard InChI is InChI=1S/C31H27ClN2O4/c1-20(22-10-13-25(32)14-11-22)33-30(35)24-12-15-28-29(18-24)38-17-16-34(28)19-21-6-8-23(9-7-21)26-4-2-3-5-27(26)31(36)37/h2-15,18,20H,16-17,19H2,1H3,(H,33,35)(H,36,37)/t20-/m0/s1. The summed E-state index contributed by atoms with van der Waals surface area (Å²) in [4.78, 5) is 26.7. The van der Waals surface area contributed by atoms with Crippen molar-refractivity contribution in [1.29, 1.82) is 0 Å². The summed E-state index contributed by atoms with van der Waals surface area (Å²) in [7, 11) is 0. The predicted molar refractivity (Wildman–Crippen MR) is 149 cm³/mol. The SMILES string of the molecule is C[C@H](NC(=O)c1ccc2c(c1)OCCN2Cc1ccc(-c2ccccc2C(=O)O)cc1)c1ccc(Cl)cc1. The lowest BCUT2D eigenvalue weighted by molar-refractivity contribution is 0.0697. The summed E-state index contributed by atoms with van der Waals surface area (Å²) in [6.45, 7) is 3.83. The molecule has 0 spiro atoms. The maximum absolute atomic E-state index is 12.9. The minimum atomic E-state index is -0.943. The van der Waals surface area contributed by atoms with Crippen molar-refractivity contribution in [2.24, 2.45) is 0 Å². The molecule has 2 N–H and O–H groups in total. The molecule has 6 nitrogen and oxygen atoms in total. The van der Waals surface area contributed by atoms with Crippen molar-refractivity contribution in [3.05, 3.63) is 118 Å². The van der Waals surface area contributed by atoms with Gasteiger partial charge in [-0.2, -0.15) is 0 Å². The van der Waals surface area contributed by atoms with Gasteiger partial charge in [0, 0.05) is 17.1 Å². The third kappa shape index (κ3) is 5.50. The van der Waals surface area contributed by atoms with Crippen molar-refractivity contribution < 1.29 is 19.4 Å². The molecule has 192 valence electrons. The van der Waals surface area contributed by atoms with Gasteiger partial charge in [0.25, 0.3) is 5.91 Å². The van der Waals surface area contributed by atoms with Gasteiger partial charge in [-0.25, -0.2) is 4.79 Å². The molecular weight excluding hydrogens is 500 g/mol. The summed E-state index contributed by atoms with van der Waals surface area (Å²) in [6.07, 6.45) is 0. The number of rotatable bonds is 7. The number of halogens is 1. The van der Waals surface area contributed by atoms with Crippen LogP contribution in [0.2, 0.25) is 5.02 Å². The Balaban J connectivity index is 1.29. The van der Waals surface area contributed by atoms with Gasteiger partial charge >= 0.3 is 5.97 Å². The van der Waals surface area contributed by atoms with Gasteiger partial charge in [-0.05, 0) is 65.6 Å². The Morgan fingerprint density at radius 2 is 1.74 bits per heavy atom. The number of nitrogens with one attached hydrogen (secondary N) is 1. The van der Waals surface area contributed by atoms with Crippen molar-refractivity contribution in [2.45, 2.75) is 19.5 Å². The number of hydrogen-bond donors (Lipinski definition) is 2. The molecule has 0 aliphatic carbocycles. The van der Waals surface area contributed by atoms with Crippen LogP contribution in [0.15, 0.2) is 91.0 Å². The van der Waals surface area contributed by atoms with Crippen LogP contribution in [0.3, 0.4) is 0 Å². The fourth-order valence-electron chi connectivity index (χ4n) is 4.63. The van der Waals surface area contributed by atoms with Gasteiger partial charge in [0.1, 0.15) is 12.4 Å². The summed E-state index contributed by atoms with van der Waals surface area (Å²) in [5.74, 6) is -0.439. The quantitative estimate of drug-likeness (QED) is 0.284. The first-order chi connectivity index (χ1) is 18.4. The number of fused-ring (bicyclic) bond motifs is 1. The second-order valence-corrected chi connectivity index (χ2v) is 9.68. The zero-order chi connectivity index (χ0) is 26.6. The molecule has 0 saturated heterocycles. The first kappa shape index (κ1) is 25.4. The second kappa shape index (κ2) is 11.0. The molecule has 1 heterocycles. The third-order valence-corrected chi connectivity index (χ3v) is 6.95. The van der Waals surface area contributed by atoms with Gasteiger partial charge in [0.2, 0.25) is 0 Å². The molecule has 1 atom stereocenters. The molecular formula is C31H27ClN2O4. The largest absolute Gasteiger partial charge is 0.490 e. The predicted octanol–water partition coefficient (Wildman–Crippen LogP) is 6.60. The summed E-state index contributed by atoms with van der Waals surface area (Å²) in [5.41, 5.74) is 5.36. The molecule has 0 fully saturated rings. The van der Waals surface area contributed by atoms with E-state index < -0.39 is 5.97 Å². The van der Waals surface area contributed by atoms with Gasteiger partial charge in [0.15, 0.2) is 0 Å². The smallest absolute Gasteiger partial charge is 0.336 e. The van der Waals surface area contributed by atoms with Crippen molar-refractivity contribution >= 4 is 29.2 Å². The Bertz CT molecular complexity index is 1470. The van der Waals surface area contributed by atoms with Crippen LogP contribution in [0.5, 0.6) is 5.75 Å². The van der Waals surface area contributed by atoms with E-state index in [2.05, 4.69) is 10.2 Å². The fourth-order valence-corrected chi connectivity index (χ4v) is 4.75. The highest BCUT2D eigenvalue weighted by atomic mass is 35.5. The number of nitrogens with zero attached hydrogens (tertiary/aromatic N) is 1. The van der Waals surface area contributed by atoms with E-state index in [4.69, 9.17) is 16.3 Å². The van der Waals surface area contributed by atoms with Crippen molar-refractivity contribution in [3.8, 4) is 16.9 Å². The number of carbonyl (C=O) groups is 2. The van der Waals surface area contributed by atoms with Crippen LogP contribution >= 0.6 is 11.6 Å². The lowest BCUT2D eigenvalue weighted by Gasteiger charge is -2.31. The van der Waals surface area contributed by atoms with Crippen LogP contribution < -0.4 is 15.0 Å². The lowest BCUT2D eigenvalue weighted by atomic mass is 9.98. The zero-order valence-electron chi connectivity index (χ0n) is 20.9. The molecule has 5 rings (SSSR count). The summed E-state index contributed by atoms with van der Waals surface area (Å²) < 4.78 is 5.91. The highest BCUT2D eigenvalue weighted by molar-refractivity contribution is 6.30. The molecule has 4 aromatic rings. The number of amides is 1. The number of carbonyl (C=O) groups excluding carboxylic acids is 1. The van der Waals surface area contributed by atoms with Crippen molar-refractivity contribution in [1.82, 2.24) is 5.32 Å². The van der Waals surface area contributed by atoms with Crippen LogP contribution in [0.25, 0.3) is 11.1 Å². The second-order valence-electron chi connectivity index (χ2n) is 9.25. The molecule has 38 heavy (non-hydrogen) atoms. The molecule has 0 aromatic heterocycles. The Kier molecular flexibility index (Phi) is 7.33. The van der Waals surface area contributed by atoms with Gasteiger partial charge in [-0.3, -0.25) is 4.79 Å². The normalized spacial score (nSPS) is 13.3. The van der Waals surface area contributed by atoms with Crippen LogP contribution in [0.1, 0.15) is 44.8 Å². The van der Waals surface area contributed by atoms with E-state index in [0.29, 0.717) is 35.1 Å². The zero-order valence-corrected chi connectivity index (χ0v) is 21.6. The number of anilines is 1. The van der Waals surface area contributed by atoms with E-state index in [0.717, 1.165) is 28.9 Å². The maximum atomic E-state index is 12.9. The van der Waals surface area contributed by atoms with Crippen molar-refractivity contribution in [3.63, 3.8) is 0 Å². The van der Waals surface area contributed by atoms with E-state index in [9.17, 15) is 14.7 Å². The highest BCUT2D eigenvalue weighted by Crippen LogP contribution is 2.34. The van der Waals surface area contributed by atoms with Gasteiger partial charge in [-0.15, -0.1) is 0 Å². The Morgan fingerprint density at radius 3 is 2.47 bits per heavy atom. The molecule has 1 aliphatic heterocycles. The van der Waals surface area contributed by atoms with E-state index in [1.54, 1.807) is 18.2 Å². The molecule has 7 heteroatoms. The minimum Gasteiger partial charge on any atom is -0.490 e. The average Bonchev–Trinajstić information content (AvgIpc) is 2.93. The van der Waals surface area contributed by atoms with Crippen LogP contribution in [0.4, 0.5) is 5.69 Å². The molecule has 0 saturated carbocycles. The van der Waals surface area contributed by atoms with Crippen LogP contribution in [0, 0.1) is 0 Å². The Morgan fingerprint density at radius 1 is 1.00 bits per heavy atom. The molecule has 1 aliphatic rings.